The lowest BCUT2D eigenvalue weighted by Crippen LogP contribution is -2.62. The molecule has 0 aromatic carbocycles. The van der Waals surface area contributed by atoms with Crippen molar-refractivity contribution in [2.75, 3.05) is 0 Å². The summed E-state index contributed by atoms with van der Waals surface area (Å²) in [6.45, 7) is 19.6. The van der Waals surface area contributed by atoms with E-state index in [0.29, 0.717) is 12.0 Å². The number of rotatable bonds is 9. The lowest BCUT2D eigenvalue weighted by atomic mass is 9.74. The first-order valence-corrected chi connectivity index (χ1v) is 14.7. The molecule has 242 valence electrons. The number of ether oxygens (including phenoxy) is 5. The van der Waals surface area contributed by atoms with Crippen LogP contribution in [-0.4, -0.2) is 81.9 Å². The average molecular weight is 609 g/mol. The third-order valence-electron chi connectivity index (χ3n) is 8.65. The van der Waals surface area contributed by atoms with Gasteiger partial charge in [-0.25, -0.2) is 9.59 Å². The van der Waals surface area contributed by atoms with E-state index in [-0.39, 0.29) is 17.6 Å². The molecule has 11 nitrogen and oxygen atoms in total. The van der Waals surface area contributed by atoms with Crippen LogP contribution in [0.1, 0.15) is 82.1 Å². The Morgan fingerprint density at radius 2 is 1.44 bits per heavy atom. The fourth-order valence-corrected chi connectivity index (χ4v) is 5.07. The van der Waals surface area contributed by atoms with Gasteiger partial charge in [0.1, 0.15) is 23.4 Å². The zero-order valence-corrected chi connectivity index (χ0v) is 27.0. The van der Waals surface area contributed by atoms with Crippen LogP contribution in [0.5, 0.6) is 0 Å². The van der Waals surface area contributed by atoms with Crippen LogP contribution in [0.15, 0.2) is 35.5 Å². The van der Waals surface area contributed by atoms with E-state index in [1.54, 1.807) is 47.6 Å². The second-order valence-corrected chi connectivity index (χ2v) is 12.0. The quantitative estimate of drug-likeness (QED) is 0.130. The Kier molecular flexibility index (Phi) is 11.9. The van der Waals surface area contributed by atoms with Crippen LogP contribution in [0.4, 0.5) is 0 Å². The van der Waals surface area contributed by atoms with E-state index < -0.39 is 83.5 Å². The second kappa shape index (κ2) is 14.2. The van der Waals surface area contributed by atoms with E-state index in [2.05, 4.69) is 6.58 Å². The van der Waals surface area contributed by atoms with Gasteiger partial charge in [-0.1, -0.05) is 38.2 Å². The topological polar surface area (TPSA) is 158 Å². The predicted octanol–water partition coefficient (Wildman–Crippen LogP) is 3.50. The summed E-state index contributed by atoms with van der Waals surface area (Å²) in [5.41, 5.74) is -2.67. The molecular weight excluding hydrogens is 560 g/mol. The van der Waals surface area contributed by atoms with Crippen LogP contribution in [0.25, 0.3) is 0 Å². The van der Waals surface area contributed by atoms with E-state index in [0.717, 1.165) is 6.92 Å². The van der Waals surface area contributed by atoms with Crippen molar-refractivity contribution in [3.8, 4) is 0 Å². The molecule has 0 amide bonds. The number of esters is 4. The molecule has 0 radical (unpaired) electrons. The highest BCUT2D eigenvalue weighted by Gasteiger charge is 2.71. The highest BCUT2D eigenvalue weighted by atomic mass is 16.7. The Morgan fingerprint density at radius 1 is 0.930 bits per heavy atom. The Balaban J connectivity index is 2.84. The summed E-state index contributed by atoms with van der Waals surface area (Å²) >= 11 is 0. The lowest BCUT2D eigenvalue weighted by molar-refractivity contribution is -0.211. The molecule has 1 heterocycles. The van der Waals surface area contributed by atoms with Gasteiger partial charge in [0.25, 0.3) is 0 Å². The maximum atomic E-state index is 13.2. The number of fused-ring (bicyclic) bond motifs is 1. The first-order chi connectivity index (χ1) is 19.9. The van der Waals surface area contributed by atoms with Gasteiger partial charge in [0.15, 0.2) is 18.3 Å². The van der Waals surface area contributed by atoms with Crippen molar-refractivity contribution >= 4 is 23.9 Å². The van der Waals surface area contributed by atoms with Crippen molar-refractivity contribution in [2.45, 2.75) is 130 Å². The van der Waals surface area contributed by atoms with Gasteiger partial charge in [-0.05, 0) is 61.3 Å². The van der Waals surface area contributed by atoms with Gasteiger partial charge in [0.05, 0.1) is 12.0 Å². The van der Waals surface area contributed by atoms with Crippen LogP contribution in [0, 0.1) is 11.8 Å². The van der Waals surface area contributed by atoms with Gasteiger partial charge in [0.2, 0.25) is 0 Å². The molecule has 2 rings (SSSR count). The van der Waals surface area contributed by atoms with Crippen LogP contribution in [-0.2, 0) is 42.9 Å². The Morgan fingerprint density at radius 3 is 1.88 bits per heavy atom. The molecule has 2 aliphatic rings. The van der Waals surface area contributed by atoms with Crippen molar-refractivity contribution in [1.29, 1.82) is 0 Å². The van der Waals surface area contributed by atoms with Gasteiger partial charge in [-0.2, -0.15) is 0 Å². The SMILES string of the molecule is C=C(C)[C@H]1C[C@H](O)[C@@](C)(O)[C@H](OC(=O)/C(C)=C\C)[C@H](OC(C)=O)[C@H]2O[C@@]2(C)[C@H](OC(=O)/C(C)=C\C)[C@H]1OC(=O)[C@H](C)CC. The minimum atomic E-state index is -2.19. The smallest absolute Gasteiger partial charge is 0.333 e. The number of aliphatic hydroxyl groups is 2. The van der Waals surface area contributed by atoms with Gasteiger partial charge in [-0.3, -0.25) is 9.59 Å². The van der Waals surface area contributed by atoms with E-state index in [4.69, 9.17) is 23.7 Å². The Hall–Kier alpha value is -3.02. The molecule has 1 aliphatic carbocycles. The molecule has 10 atom stereocenters. The molecule has 2 N–H and O–H groups in total. The minimum absolute atomic E-state index is 0.217. The first-order valence-electron chi connectivity index (χ1n) is 14.7. The number of hydrogen-bond acceptors (Lipinski definition) is 11. The number of carbonyl (C=O) groups is 4. The average Bonchev–Trinajstić information content (AvgIpc) is 3.64. The largest absolute Gasteiger partial charge is 0.457 e. The van der Waals surface area contributed by atoms with Crippen LogP contribution < -0.4 is 0 Å². The normalized spacial score (nSPS) is 35.5. The molecule has 0 unspecified atom stereocenters. The summed E-state index contributed by atoms with van der Waals surface area (Å²) in [5.74, 6) is -4.19. The molecule has 1 saturated heterocycles. The maximum Gasteiger partial charge on any atom is 0.333 e. The van der Waals surface area contributed by atoms with Crippen molar-refractivity contribution in [3.63, 3.8) is 0 Å². The third-order valence-corrected chi connectivity index (χ3v) is 8.65. The van der Waals surface area contributed by atoms with E-state index >= 15 is 0 Å². The van der Waals surface area contributed by atoms with Crippen LogP contribution >= 0.6 is 0 Å². The Bertz CT molecular complexity index is 1150. The molecule has 0 spiro atoms. The van der Waals surface area contributed by atoms with Gasteiger partial charge in [-0.15, -0.1) is 0 Å². The Labute approximate surface area is 254 Å². The molecule has 1 aliphatic heterocycles. The molecule has 0 bridgehead atoms. The van der Waals surface area contributed by atoms with Crippen molar-refractivity contribution in [3.05, 3.63) is 35.5 Å². The second-order valence-electron chi connectivity index (χ2n) is 12.0. The zero-order chi connectivity index (χ0) is 33.0. The van der Waals surface area contributed by atoms with Gasteiger partial charge < -0.3 is 33.9 Å². The molecular formula is C32H48O11. The summed E-state index contributed by atoms with van der Waals surface area (Å²) < 4.78 is 29.5. The van der Waals surface area contributed by atoms with Gasteiger partial charge in [0, 0.05) is 24.0 Å². The highest BCUT2D eigenvalue weighted by molar-refractivity contribution is 5.88. The fourth-order valence-electron chi connectivity index (χ4n) is 5.07. The number of carbonyl (C=O) groups excluding carboxylic acids is 4. The molecule has 2 fully saturated rings. The van der Waals surface area contributed by atoms with Crippen molar-refractivity contribution in [2.24, 2.45) is 11.8 Å². The monoisotopic (exact) mass is 608 g/mol. The van der Waals surface area contributed by atoms with Crippen molar-refractivity contribution in [1.82, 2.24) is 0 Å². The fraction of sp³-hybridized carbons (Fsp3) is 0.688. The van der Waals surface area contributed by atoms with Crippen LogP contribution in [0.2, 0.25) is 0 Å². The number of hydrogen-bond donors (Lipinski definition) is 2. The standard InChI is InChI=1S/C32H48O11/c1-12-17(6)28(35)40-23-21(16(4)5)15-22(34)31(10,38)25(41-29(36)18(7)13-2)24(39-20(9)33)27-32(11,43-27)26(23)42-30(37)19(8)14-3/h13-14,17,21-27,34,38H,4,12,15H2,1-3,5-11H3/b18-13-,19-14-/t17-,21-,22+,23+,24+,25-,26-,27-,31-,32+/m1/s1. The van der Waals surface area contributed by atoms with E-state index in [1.165, 1.54) is 19.9 Å². The number of aliphatic hydroxyl groups excluding tert-OH is 1. The number of epoxide rings is 1. The summed E-state index contributed by atoms with van der Waals surface area (Å²) in [5, 5.41) is 23.4. The number of allylic oxidation sites excluding steroid dienone is 2. The molecule has 1 saturated carbocycles. The molecule has 43 heavy (non-hydrogen) atoms. The first kappa shape index (κ1) is 36.2. The lowest BCUT2D eigenvalue weighted by Gasteiger charge is -2.44. The zero-order valence-electron chi connectivity index (χ0n) is 27.0. The molecule has 0 aromatic heterocycles. The summed E-state index contributed by atoms with van der Waals surface area (Å²) in [6, 6.07) is 0. The highest BCUT2D eigenvalue weighted by Crippen LogP contribution is 2.51. The van der Waals surface area contributed by atoms with Crippen LogP contribution in [0.3, 0.4) is 0 Å². The van der Waals surface area contributed by atoms with Gasteiger partial charge >= 0.3 is 23.9 Å². The summed E-state index contributed by atoms with van der Waals surface area (Å²) in [4.78, 5) is 51.7. The summed E-state index contributed by atoms with van der Waals surface area (Å²) in [7, 11) is 0. The van der Waals surface area contributed by atoms with E-state index in [9.17, 15) is 29.4 Å². The summed E-state index contributed by atoms with van der Waals surface area (Å²) in [6.07, 6.45) is -4.99. The van der Waals surface area contributed by atoms with Crippen molar-refractivity contribution < 1.29 is 53.1 Å². The molecule has 0 aromatic rings. The van der Waals surface area contributed by atoms with E-state index in [1.807, 2.05) is 6.92 Å². The predicted molar refractivity (Wildman–Crippen MR) is 156 cm³/mol. The minimum Gasteiger partial charge on any atom is -0.457 e. The third kappa shape index (κ3) is 7.93. The maximum absolute atomic E-state index is 13.2. The molecule has 11 heteroatoms.